The van der Waals surface area contributed by atoms with Gasteiger partial charge in [0.05, 0.1) is 0 Å². The zero-order valence-corrected chi connectivity index (χ0v) is 5.95. The van der Waals surface area contributed by atoms with Crippen molar-refractivity contribution in [2.75, 3.05) is 5.73 Å². The quantitative estimate of drug-likeness (QED) is 0.503. The molecule has 0 atom stereocenters. The molecule has 0 aliphatic carbocycles. The van der Waals surface area contributed by atoms with Crippen LogP contribution in [0, 0.1) is 0 Å². The van der Waals surface area contributed by atoms with E-state index >= 15 is 0 Å². The van der Waals surface area contributed by atoms with E-state index in [0.29, 0.717) is 11.5 Å². The molecule has 0 saturated carbocycles. The number of carbonyl (C=O) groups is 1. The van der Waals surface area contributed by atoms with Gasteiger partial charge in [-0.25, -0.2) is 4.98 Å². The number of rotatable bonds is 2. The molecule has 0 radical (unpaired) electrons. The number of nitrogens with two attached hydrogens (primary N) is 1. The van der Waals surface area contributed by atoms with Gasteiger partial charge < -0.3 is 5.73 Å². The molecule has 0 spiro atoms. The summed E-state index contributed by atoms with van der Waals surface area (Å²) in [6, 6.07) is 4.90. The van der Waals surface area contributed by atoms with E-state index in [1.165, 1.54) is 6.08 Å². The normalized spacial score (nSPS) is 9.09. The van der Waals surface area contributed by atoms with Crippen molar-refractivity contribution < 1.29 is 4.79 Å². The second-order valence-corrected chi connectivity index (χ2v) is 2.02. The summed E-state index contributed by atoms with van der Waals surface area (Å²) in [6.45, 7) is 3.34. The lowest BCUT2D eigenvalue weighted by Gasteiger charge is -1.94. The van der Waals surface area contributed by atoms with Gasteiger partial charge in [0.1, 0.15) is 11.5 Å². The molecule has 1 rings (SSSR count). The number of nitrogen functional groups attached to an aromatic ring is 1. The molecule has 0 aliphatic rings. The van der Waals surface area contributed by atoms with Crippen molar-refractivity contribution >= 4 is 11.6 Å². The smallest absolute Gasteiger partial charge is 0.203 e. The third kappa shape index (κ3) is 1.64. The van der Waals surface area contributed by atoms with Crippen molar-refractivity contribution in [3.05, 3.63) is 36.5 Å². The first-order chi connectivity index (χ1) is 5.24. The fourth-order valence-corrected chi connectivity index (χ4v) is 0.693. The summed E-state index contributed by atoms with van der Waals surface area (Å²) >= 11 is 0. The molecule has 56 valence electrons. The first-order valence-electron chi connectivity index (χ1n) is 3.13. The predicted molar refractivity (Wildman–Crippen MR) is 43.2 cm³/mol. The monoisotopic (exact) mass is 148 g/mol. The summed E-state index contributed by atoms with van der Waals surface area (Å²) < 4.78 is 0. The summed E-state index contributed by atoms with van der Waals surface area (Å²) in [5.74, 6) is 0.134. The number of pyridine rings is 1. The number of aromatic nitrogens is 1. The Morgan fingerprint density at radius 1 is 1.64 bits per heavy atom. The Morgan fingerprint density at radius 3 is 2.91 bits per heavy atom. The zero-order chi connectivity index (χ0) is 8.27. The molecule has 11 heavy (non-hydrogen) atoms. The highest BCUT2D eigenvalue weighted by atomic mass is 16.1. The zero-order valence-electron chi connectivity index (χ0n) is 5.95. The summed E-state index contributed by atoms with van der Waals surface area (Å²) in [6.07, 6.45) is 1.21. The molecule has 3 heteroatoms. The molecule has 1 aromatic heterocycles. The Morgan fingerprint density at radius 2 is 2.36 bits per heavy atom. The maximum absolute atomic E-state index is 10.9. The van der Waals surface area contributed by atoms with Crippen molar-refractivity contribution in [2.24, 2.45) is 0 Å². The molecular formula is C8H8N2O. The summed E-state index contributed by atoms with van der Waals surface area (Å²) in [5, 5.41) is 0. The van der Waals surface area contributed by atoms with Gasteiger partial charge in [-0.3, -0.25) is 4.79 Å². The SMILES string of the molecule is C=CC(=O)c1cccc(N)n1. The summed E-state index contributed by atoms with van der Waals surface area (Å²) in [5.41, 5.74) is 5.69. The highest BCUT2D eigenvalue weighted by Gasteiger charge is 2.00. The number of anilines is 1. The average molecular weight is 148 g/mol. The van der Waals surface area contributed by atoms with Crippen molar-refractivity contribution in [2.45, 2.75) is 0 Å². The van der Waals surface area contributed by atoms with E-state index in [0.717, 1.165) is 0 Å². The number of nitrogens with zero attached hydrogens (tertiary/aromatic N) is 1. The molecule has 0 saturated heterocycles. The molecule has 1 aromatic rings. The van der Waals surface area contributed by atoms with E-state index in [9.17, 15) is 4.79 Å². The van der Waals surface area contributed by atoms with Crippen LogP contribution in [0.4, 0.5) is 5.82 Å². The highest BCUT2D eigenvalue weighted by molar-refractivity contribution is 6.02. The number of hydrogen-bond acceptors (Lipinski definition) is 3. The third-order valence-electron chi connectivity index (χ3n) is 1.21. The standard InChI is InChI=1S/C8H8N2O/c1-2-7(11)6-4-3-5-8(9)10-6/h2-5H,1H2,(H2,9,10). The van der Waals surface area contributed by atoms with Gasteiger partial charge in [0.15, 0.2) is 0 Å². The first kappa shape index (κ1) is 7.47. The van der Waals surface area contributed by atoms with Crippen LogP contribution in [0.3, 0.4) is 0 Å². The molecule has 1 heterocycles. The molecular weight excluding hydrogens is 140 g/mol. The van der Waals surface area contributed by atoms with Crippen LogP contribution < -0.4 is 5.73 Å². The molecule has 0 bridgehead atoms. The Balaban J connectivity index is 3.05. The first-order valence-corrected chi connectivity index (χ1v) is 3.13. The summed E-state index contributed by atoms with van der Waals surface area (Å²) in [7, 11) is 0. The summed E-state index contributed by atoms with van der Waals surface area (Å²) in [4.78, 5) is 14.7. The number of carbonyl (C=O) groups excluding carboxylic acids is 1. The minimum atomic E-state index is -0.211. The molecule has 3 nitrogen and oxygen atoms in total. The van der Waals surface area contributed by atoms with Crippen LogP contribution in [0.15, 0.2) is 30.9 Å². The van der Waals surface area contributed by atoms with Crippen molar-refractivity contribution in [3.63, 3.8) is 0 Å². The third-order valence-corrected chi connectivity index (χ3v) is 1.21. The maximum atomic E-state index is 10.9. The van der Waals surface area contributed by atoms with Gasteiger partial charge >= 0.3 is 0 Å². The van der Waals surface area contributed by atoms with E-state index in [2.05, 4.69) is 11.6 Å². The fourth-order valence-electron chi connectivity index (χ4n) is 0.693. The fraction of sp³-hybridized carbons (Fsp3) is 0. The second-order valence-electron chi connectivity index (χ2n) is 2.02. The number of allylic oxidation sites excluding steroid dienone is 1. The average Bonchev–Trinajstić information content (AvgIpc) is 2.03. The number of hydrogen-bond donors (Lipinski definition) is 1. The van der Waals surface area contributed by atoms with E-state index in [1.54, 1.807) is 18.2 Å². The van der Waals surface area contributed by atoms with Crippen LogP contribution >= 0.6 is 0 Å². The van der Waals surface area contributed by atoms with Gasteiger partial charge in [0.25, 0.3) is 0 Å². The molecule has 0 aliphatic heterocycles. The van der Waals surface area contributed by atoms with Gasteiger partial charge in [0, 0.05) is 0 Å². The van der Waals surface area contributed by atoms with Crippen LogP contribution in [0.5, 0.6) is 0 Å². The molecule has 0 unspecified atom stereocenters. The van der Waals surface area contributed by atoms with Gasteiger partial charge in [-0.1, -0.05) is 12.6 Å². The number of ketones is 1. The molecule has 0 fully saturated rings. The van der Waals surface area contributed by atoms with E-state index in [1.807, 2.05) is 0 Å². The lowest BCUT2D eigenvalue weighted by Crippen LogP contribution is -2.00. The van der Waals surface area contributed by atoms with Gasteiger partial charge in [-0.2, -0.15) is 0 Å². The largest absolute Gasteiger partial charge is 0.384 e. The Kier molecular flexibility index (Phi) is 2.01. The van der Waals surface area contributed by atoms with E-state index in [4.69, 9.17) is 5.73 Å². The van der Waals surface area contributed by atoms with Gasteiger partial charge in [-0.05, 0) is 18.2 Å². The maximum Gasteiger partial charge on any atom is 0.203 e. The van der Waals surface area contributed by atoms with Crippen LogP contribution in [0.25, 0.3) is 0 Å². The van der Waals surface area contributed by atoms with Crippen molar-refractivity contribution in [3.8, 4) is 0 Å². The lowest BCUT2D eigenvalue weighted by molar-refractivity contribution is 0.104. The molecule has 2 N–H and O–H groups in total. The van der Waals surface area contributed by atoms with Gasteiger partial charge in [0.2, 0.25) is 5.78 Å². The Labute approximate surface area is 64.6 Å². The van der Waals surface area contributed by atoms with Crippen LogP contribution in [-0.2, 0) is 0 Å². The predicted octanol–water partition coefficient (Wildman–Crippen LogP) is 1.03. The Hall–Kier alpha value is -1.64. The Bertz CT molecular complexity index is 294. The van der Waals surface area contributed by atoms with Crippen molar-refractivity contribution in [1.82, 2.24) is 4.98 Å². The lowest BCUT2D eigenvalue weighted by atomic mass is 10.2. The molecule has 0 amide bonds. The minimum Gasteiger partial charge on any atom is -0.384 e. The van der Waals surface area contributed by atoms with Crippen LogP contribution in [0.1, 0.15) is 10.5 Å². The minimum absolute atomic E-state index is 0.211. The van der Waals surface area contributed by atoms with Gasteiger partial charge in [-0.15, -0.1) is 0 Å². The van der Waals surface area contributed by atoms with E-state index < -0.39 is 0 Å². The van der Waals surface area contributed by atoms with Crippen LogP contribution in [0.2, 0.25) is 0 Å². The topological polar surface area (TPSA) is 56.0 Å². The molecule has 0 aromatic carbocycles. The van der Waals surface area contributed by atoms with Crippen molar-refractivity contribution in [1.29, 1.82) is 0 Å². The van der Waals surface area contributed by atoms with Crippen LogP contribution in [-0.4, -0.2) is 10.8 Å². The second kappa shape index (κ2) is 2.96. The highest BCUT2D eigenvalue weighted by Crippen LogP contribution is 2.01. The van der Waals surface area contributed by atoms with E-state index in [-0.39, 0.29) is 5.78 Å².